The molecular weight excluding hydrogens is 256 g/mol. The smallest absolute Gasteiger partial charge is 0.326 e. The molecule has 1 aliphatic heterocycles. The predicted octanol–water partition coefficient (Wildman–Crippen LogP) is 2.71. The fraction of sp³-hybridized carbons (Fsp3) is 0.867. The molecule has 1 heterocycles. The van der Waals surface area contributed by atoms with E-state index in [1.807, 2.05) is 13.8 Å². The van der Waals surface area contributed by atoms with Crippen molar-refractivity contribution in [2.75, 3.05) is 6.54 Å². The minimum atomic E-state index is -0.901. The average Bonchev–Trinajstić information content (AvgIpc) is 2.37. The first-order valence-electron chi connectivity index (χ1n) is 7.66. The molecule has 0 spiro atoms. The van der Waals surface area contributed by atoms with Gasteiger partial charge in [-0.2, -0.15) is 0 Å². The van der Waals surface area contributed by atoms with Crippen LogP contribution in [-0.4, -0.2) is 40.6 Å². The highest BCUT2D eigenvalue weighted by Crippen LogP contribution is 2.23. The van der Waals surface area contributed by atoms with Gasteiger partial charge in [0.25, 0.3) is 0 Å². The number of nitrogens with zero attached hydrogens (tertiary/aromatic N) is 1. The molecule has 5 nitrogen and oxygen atoms in total. The Morgan fingerprint density at radius 1 is 1.40 bits per heavy atom. The van der Waals surface area contributed by atoms with Gasteiger partial charge >= 0.3 is 12.0 Å². The summed E-state index contributed by atoms with van der Waals surface area (Å²) < 4.78 is 0. The summed E-state index contributed by atoms with van der Waals surface area (Å²) in [6.07, 6.45) is 3.74. The van der Waals surface area contributed by atoms with Crippen LogP contribution in [0.1, 0.15) is 53.4 Å². The molecule has 2 amide bonds. The van der Waals surface area contributed by atoms with Crippen LogP contribution in [0.4, 0.5) is 4.79 Å². The van der Waals surface area contributed by atoms with E-state index >= 15 is 0 Å². The van der Waals surface area contributed by atoms with Crippen LogP contribution in [-0.2, 0) is 4.79 Å². The maximum atomic E-state index is 12.3. The second kappa shape index (κ2) is 7.50. The fourth-order valence-electron chi connectivity index (χ4n) is 2.92. The van der Waals surface area contributed by atoms with Gasteiger partial charge in [-0.05, 0) is 38.0 Å². The molecule has 0 aliphatic carbocycles. The van der Waals surface area contributed by atoms with Crippen molar-refractivity contribution in [3.8, 4) is 0 Å². The lowest BCUT2D eigenvalue weighted by Crippen LogP contribution is -2.56. The van der Waals surface area contributed by atoms with E-state index in [0.29, 0.717) is 12.5 Å². The first kappa shape index (κ1) is 16.8. The topological polar surface area (TPSA) is 69.6 Å². The molecule has 20 heavy (non-hydrogen) atoms. The number of carbonyl (C=O) groups excluding carboxylic acids is 1. The number of hydrogen-bond acceptors (Lipinski definition) is 2. The molecule has 5 heteroatoms. The number of piperidine rings is 1. The van der Waals surface area contributed by atoms with Gasteiger partial charge in [0.15, 0.2) is 0 Å². The van der Waals surface area contributed by atoms with Crippen LogP contribution in [0.5, 0.6) is 0 Å². The molecule has 0 aromatic carbocycles. The summed E-state index contributed by atoms with van der Waals surface area (Å²) in [7, 11) is 0. The van der Waals surface area contributed by atoms with Gasteiger partial charge in [-0.15, -0.1) is 0 Å². The molecule has 0 saturated carbocycles. The molecule has 1 rings (SSSR count). The van der Waals surface area contributed by atoms with Crippen LogP contribution in [0.3, 0.4) is 0 Å². The summed E-state index contributed by atoms with van der Waals surface area (Å²) in [5, 5.41) is 12.3. The zero-order chi connectivity index (χ0) is 15.3. The minimum absolute atomic E-state index is 0.0110. The Morgan fingerprint density at radius 3 is 2.60 bits per heavy atom. The van der Waals surface area contributed by atoms with Crippen LogP contribution in [0.25, 0.3) is 0 Å². The molecule has 0 radical (unpaired) electrons. The largest absolute Gasteiger partial charge is 0.480 e. The second-order valence-electron chi connectivity index (χ2n) is 6.20. The summed E-state index contributed by atoms with van der Waals surface area (Å²) in [6.45, 7) is 8.70. The number of carbonyl (C=O) groups is 2. The average molecular weight is 284 g/mol. The summed E-state index contributed by atoms with van der Waals surface area (Å²) in [5.41, 5.74) is 0. The van der Waals surface area contributed by atoms with Crippen molar-refractivity contribution in [3.63, 3.8) is 0 Å². The molecule has 2 N–H and O–H groups in total. The van der Waals surface area contributed by atoms with E-state index in [0.717, 1.165) is 25.7 Å². The Balaban J connectivity index is 2.62. The summed E-state index contributed by atoms with van der Waals surface area (Å²) in [4.78, 5) is 25.1. The predicted molar refractivity (Wildman–Crippen MR) is 78.6 cm³/mol. The Morgan fingerprint density at radius 2 is 2.05 bits per heavy atom. The first-order valence-corrected chi connectivity index (χ1v) is 7.66. The Labute approximate surface area is 121 Å². The minimum Gasteiger partial charge on any atom is -0.480 e. The van der Waals surface area contributed by atoms with E-state index in [9.17, 15) is 14.7 Å². The molecule has 4 atom stereocenters. The molecule has 4 unspecified atom stereocenters. The third kappa shape index (κ3) is 4.39. The summed E-state index contributed by atoms with van der Waals surface area (Å²) >= 11 is 0. The fourth-order valence-corrected chi connectivity index (χ4v) is 2.92. The number of likely N-dealkylation sites (tertiary alicyclic amines) is 1. The maximum absolute atomic E-state index is 12.3. The highest BCUT2D eigenvalue weighted by Gasteiger charge is 2.37. The van der Waals surface area contributed by atoms with E-state index in [4.69, 9.17) is 0 Å². The van der Waals surface area contributed by atoms with E-state index in [1.165, 1.54) is 4.90 Å². The van der Waals surface area contributed by atoms with Crippen LogP contribution in [0.15, 0.2) is 0 Å². The van der Waals surface area contributed by atoms with Gasteiger partial charge in [-0.1, -0.05) is 27.2 Å². The number of hydrogen-bond donors (Lipinski definition) is 2. The SMILES string of the molecule is CCC(C)CC(C)NC(=O)N1CCCC(C)C1C(=O)O. The number of aliphatic carboxylic acids is 1. The van der Waals surface area contributed by atoms with E-state index < -0.39 is 12.0 Å². The van der Waals surface area contributed by atoms with Crippen molar-refractivity contribution in [3.05, 3.63) is 0 Å². The number of carboxylic acid groups (broad SMARTS) is 1. The van der Waals surface area contributed by atoms with Crippen LogP contribution in [0, 0.1) is 11.8 Å². The summed E-state index contributed by atoms with van der Waals surface area (Å²) in [5.74, 6) is -0.334. The van der Waals surface area contributed by atoms with Gasteiger partial charge in [0, 0.05) is 12.6 Å². The van der Waals surface area contributed by atoms with Crippen molar-refractivity contribution < 1.29 is 14.7 Å². The summed E-state index contributed by atoms with van der Waals surface area (Å²) in [6, 6.07) is -0.858. The Kier molecular flexibility index (Phi) is 6.30. The Hall–Kier alpha value is -1.26. The van der Waals surface area contributed by atoms with Crippen molar-refractivity contribution in [1.29, 1.82) is 0 Å². The molecule has 1 saturated heterocycles. The first-order chi connectivity index (χ1) is 9.36. The molecule has 116 valence electrons. The van der Waals surface area contributed by atoms with E-state index in [1.54, 1.807) is 0 Å². The lowest BCUT2D eigenvalue weighted by Gasteiger charge is -2.37. The molecule has 1 aliphatic rings. The van der Waals surface area contributed by atoms with Gasteiger partial charge in [0.05, 0.1) is 0 Å². The maximum Gasteiger partial charge on any atom is 0.326 e. The van der Waals surface area contributed by atoms with Crippen LogP contribution < -0.4 is 5.32 Å². The van der Waals surface area contributed by atoms with Crippen molar-refractivity contribution in [1.82, 2.24) is 10.2 Å². The van der Waals surface area contributed by atoms with Crippen molar-refractivity contribution in [2.24, 2.45) is 11.8 Å². The number of carboxylic acids is 1. The van der Waals surface area contributed by atoms with Gasteiger partial charge in [-0.25, -0.2) is 9.59 Å². The zero-order valence-corrected chi connectivity index (χ0v) is 13.1. The van der Waals surface area contributed by atoms with E-state index in [2.05, 4.69) is 19.2 Å². The van der Waals surface area contributed by atoms with E-state index in [-0.39, 0.29) is 18.0 Å². The quantitative estimate of drug-likeness (QED) is 0.815. The number of amides is 2. The monoisotopic (exact) mass is 284 g/mol. The normalized spacial score (nSPS) is 25.9. The Bertz CT molecular complexity index is 346. The third-order valence-corrected chi connectivity index (χ3v) is 4.27. The second-order valence-corrected chi connectivity index (χ2v) is 6.20. The van der Waals surface area contributed by atoms with Gasteiger partial charge in [0.1, 0.15) is 6.04 Å². The third-order valence-electron chi connectivity index (χ3n) is 4.27. The van der Waals surface area contributed by atoms with Crippen molar-refractivity contribution >= 4 is 12.0 Å². The molecular formula is C15H28N2O3. The highest BCUT2D eigenvalue weighted by molar-refractivity contribution is 5.83. The number of urea groups is 1. The standard InChI is InChI=1S/C15H28N2O3/c1-5-10(2)9-12(4)16-15(20)17-8-6-7-11(3)13(17)14(18)19/h10-13H,5-9H2,1-4H3,(H,16,20)(H,18,19). The molecule has 0 aromatic rings. The highest BCUT2D eigenvalue weighted by atomic mass is 16.4. The van der Waals surface area contributed by atoms with Gasteiger partial charge < -0.3 is 15.3 Å². The number of nitrogens with one attached hydrogen (secondary N) is 1. The molecule has 1 fully saturated rings. The zero-order valence-electron chi connectivity index (χ0n) is 13.1. The van der Waals surface area contributed by atoms with Gasteiger partial charge in [-0.3, -0.25) is 0 Å². The van der Waals surface area contributed by atoms with Crippen LogP contribution >= 0.6 is 0 Å². The molecule has 0 bridgehead atoms. The lowest BCUT2D eigenvalue weighted by molar-refractivity contribution is -0.145. The number of rotatable bonds is 5. The molecule has 0 aromatic heterocycles. The van der Waals surface area contributed by atoms with Crippen LogP contribution in [0.2, 0.25) is 0 Å². The van der Waals surface area contributed by atoms with Gasteiger partial charge in [0.2, 0.25) is 0 Å². The van der Waals surface area contributed by atoms with Crippen molar-refractivity contribution in [2.45, 2.75) is 65.5 Å². The lowest BCUT2D eigenvalue weighted by atomic mass is 9.91.